The summed E-state index contributed by atoms with van der Waals surface area (Å²) < 4.78 is 34.6. The van der Waals surface area contributed by atoms with Crippen molar-refractivity contribution in [3.05, 3.63) is 59.7 Å². The average molecular weight is 364 g/mol. The van der Waals surface area contributed by atoms with Crippen molar-refractivity contribution in [3.63, 3.8) is 0 Å². The van der Waals surface area contributed by atoms with E-state index < -0.39 is 6.61 Å². The first kappa shape index (κ1) is 19.7. The lowest BCUT2D eigenvalue weighted by Gasteiger charge is -2.23. The number of rotatable bonds is 9. The van der Waals surface area contributed by atoms with E-state index >= 15 is 0 Å². The number of methoxy groups -OCH3 is 1. The van der Waals surface area contributed by atoms with Crippen LogP contribution in [0.1, 0.15) is 15.9 Å². The molecule has 0 saturated carbocycles. The fourth-order valence-electron chi connectivity index (χ4n) is 2.56. The Balaban J connectivity index is 2.16. The van der Waals surface area contributed by atoms with Crippen molar-refractivity contribution in [1.82, 2.24) is 4.90 Å². The SMILES string of the molecule is COc1ccc(C(=O)N(CCN)CCc2ccccc2)cc1OC(F)F. The zero-order chi connectivity index (χ0) is 18.9. The molecule has 7 heteroatoms. The highest BCUT2D eigenvalue weighted by atomic mass is 19.3. The largest absolute Gasteiger partial charge is 0.493 e. The van der Waals surface area contributed by atoms with Gasteiger partial charge in [-0.15, -0.1) is 0 Å². The van der Waals surface area contributed by atoms with Crippen LogP contribution in [-0.4, -0.2) is 44.2 Å². The minimum absolute atomic E-state index is 0.136. The monoisotopic (exact) mass is 364 g/mol. The number of nitrogens with two attached hydrogens (primary N) is 1. The number of carbonyl (C=O) groups excluding carboxylic acids is 1. The predicted octanol–water partition coefficient (Wildman–Crippen LogP) is 2.94. The van der Waals surface area contributed by atoms with Crippen LogP contribution in [0.15, 0.2) is 48.5 Å². The van der Waals surface area contributed by atoms with Crippen molar-refractivity contribution in [2.75, 3.05) is 26.7 Å². The van der Waals surface area contributed by atoms with Gasteiger partial charge in [0.05, 0.1) is 7.11 Å². The van der Waals surface area contributed by atoms with Gasteiger partial charge < -0.3 is 20.1 Å². The fourth-order valence-corrected chi connectivity index (χ4v) is 2.56. The average Bonchev–Trinajstić information content (AvgIpc) is 2.65. The van der Waals surface area contributed by atoms with E-state index in [0.717, 1.165) is 5.56 Å². The second kappa shape index (κ2) is 9.72. The van der Waals surface area contributed by atoms with E-state index in [0.29, 0.717) is 26.1 Å². The molecule has 26 heavy (non-hydrogen) atoms. The van der Waals surface area contributed by atoms with Gasteiger partial charge >= 0.3 is 6.61 Å². The van der Waals surface area contributed by atoms with E-state index in [1.54, 1.807) is 4.90 Å². The van der Waals surface area contributed by atoms with Crippen LogP contribution in [0.4, 0.5) is 8.78 Å². The van der Waals surface area contributed by atoms with Crippen LogP contribution in [-0.2, 0) is 6.42 Å². The van der Waals surface area contributed by atoms with Crippen molar-refractivity contribution in [1.29, 1.82) is 0 Å². The van der Waals surface area contributed by atoms with E-state index in [1.165, 1.54) is 25.3 Å². The number of amides is 1. The van der Waals surface area contributed by atoms with Crippen LogP contribution in [0.5, 0.6) is 11.5 Å². The van der Waals surface area contributed by atoms with E-state index in [-0.39, 0.29) is 23.0 Å². The summed E-state index contributed by atoms with van der Waals surface area (Å²) in [6, 6.07) is 14.0. The number of halogens is 2. The maximum absolute atomic E-state index is 12.8. The number of benzene rings is 2. The maximum Gasteiger partial charge on any atom is 0.387 e. The highest BCUT2D eigenvalue weighted by Gasteiger charge is 2.19. The molecule has 0 aliphatic rings. The third-order valence-corrected chi connectivity index (χ3v) is 3.83. The van der Waals surface area contributed by atoms with Crippen molar-refractivity contribution >= 4 is 5.91 Å². The zero-order valence-electron chi connectivity index (χ0n) is 14.5. The van der Waals surface area contributed by atoms with Crippen LogP contribution in [0.2, 0.25) is 0 Å². The summed E-state index contributed by atoms with van der Waals surface area (Å²) in [7, 11) is 1.34. The Bertz CT molecular complexity index is 711. The standard InChI is InChI=1S/C19H22F2N2O3/c1-25-16-8-7-15(13-17(16)26-19(20)21)18(24)23(12-10-22)11-9-14-5-3-2-4-6-14/h2-8,13,19H,9-12,22H2,1H3. The lowest BCUT2D eigenvalue weighted by atomic mass is 10.1. The molecule has 0 heterocycles. The molecule has 0 atom stereocenters. The quantitative estimate of drug-likeness (QED) is 0.743. The molecule has 0 saturated heterocycles. The summed E-state index contributed by atoms with van der Waals surface area (Å²) >= 11 is 0. The second-order valence-corrected chi connectivity index (χ2v) is 5.56. The van der Waals surface area contributed by atoms with Gasteiger partial charge in [-0.1, -0.05) is 30.3 Å². The molecule has 0 spiro atoms. The second-order valence-electron chi connectivity index (χ2n) is 5.56. The summed E-state index contributed by atoms with van der Waals surface area (Å²) in [5, 5.41) is 0. The van der Waals surface area contributed by atoms with Gasteiger partial charge in [0.25, 0.3) is 5.91 Å². The Morgan fingerprint density at radius 1 is 1.12 bits per heavy atom. The summed E-state index contributed by atoms with van der Waals surface area (Å²) in [5.41, 5.74) is 6.95. The Labute approximate surface area is 151 Å². The number of alkyl halides is 2. The van der Waals surface area contributed by atoms with Gasteiger partial charge in [-0.05, 0) is 30.2 Å². The zero-order valence-corrected chi connectivity index (χ0v) is 14.5. The molecule has 2 aromatic carbocycles. The lowest BCUT2D eigenvalue weighted by Crippen LogP contribution is -2.37. The fraction of sp³-hybridized carbons (Fsp3) is 0.316. The minimum atomic E-state index is -3.01. The predicted molar refractivity (Wildman–Crippen MR) is 94.7 cm³/mol. The molecular weight excluding hydrogens is 342 g/mol. The van der Waals surface area contributed by atoms with Crippen LogP contribution >= 0.6 is 0 Å². The van der Waals surface area contributed by atoms with E-state index in [1.807, 2.05) is 30.3 Å². The van der Waals surface area contributed by atoms with Crippen molar-refractivity contribution in [3.8, 4) is 11.5 Å². The number of hydrogen-bond donors (Lipinski definition) is 1. The van der Waals surface area contributed by atoms with E-state index in [4.69, 9.17) is 10.5 Å². The maximum atomic E-state index is 12.8. The Kier molecular flexibility index (Phi) is 7.35. The Morgan fingerprint density at radius 3 is 2.46 bits per heavy atom. The molecule has 140 valence electrons. The van der Waals surface area contributed by atoms with Crippen molar-refractivity contribution < 1.29 is 23.0 Å². The van der Waals surface area contributed by atoms with Gasteiger partial charge in [0, 0.05) is 25.2 Å². The van der Waals surface area contributed by atoms with Crippen molar-refractivity contribution in [2.24, 2.45) is 5.73 Å². The first-order valence-corrected chi connectivity index (χ1v) is 8.21. The van der Waals surface area contributed by atoms with Gasteiger partial charge in [0.2, 0.25) is 0 Å². The lowest BCUT2D eigenvalue weighted by molar-refractivity contribution is -0.0512. The summed E-state index contributed by atoms with van der Waals surface area (Å²) in [6.45, 7) is -1.87. The van der Waals surface area contributed by atoms with Crippen LogP contribution in [0.3, 0.4) is 0 Å². The topological polar surface area (TPSA) is 64.8 Å². The molecule has 0 aliphatic heterocycles. The summed E-state index contributed by atoms with van der Waals surface area (Å²) in [5.74, 6) is -0.339. The van der Waals surface area contributed by atoms with Gasteiger partial charge in [-0.25, -0.2) is 0 Å². The highest BCUT2D eigenvalue weighted by molar-refractivity contribution is 5.95. The molecule has 0 aliphatic carbocycles. The van der Waals surface area contributed by atoms with Crippen LogP contribution in [0, 0.1) is 0 Å². The normalized spacial score (nSPS) is 10.7. The first-order chi connectivity index (χ1) is 12.5. The molecule has 0 fully saturated rings. The third kappa shape index (κ3) is 5.42. The molecule has 2 N–H and O–H groups in total. The van der Waals surface area contributed by atoms with E-state index in [2.05, 4.69) is 4.74 Å². The van der Waals surface area contributed by atoms with Crippen molar-refractivity contribution in [2.45, 2.75) is 13.0 Å². The number of ether oxygens (including phenoxy) is 2. The Hall–Kier alpha value is -2.67. The molecule has 1 amide bonds. The summed E-state index contributed by atoms with van der Waals surface area (Å²) in [4.78, 5) is 14.4. The van der Waals surface area contributed by atoms with Crippen LogP contribution in [0.25, 0.3) is 0 Å². The minimum Gasteiger partial charge on any atom is -0.493 e. The number of hydrogen-bond acceptors (Lipinski definition) is 4. The third-order valence-electron chi connectivity index (χ3n) is 3.83. The molecular formula is C19H22F2N2O3. The molecule has 2 aromatic rings. The molecule has 2 rings (SSSR count). The number of nitrogens with zero attached hydrogens (tertiary/aromatic N) is 1. The molecule has 0 radical (unpaired) electrons. The van der Waals surface area contributed by atoms with Gasteiger partial charge in [0.15, 0.2) is 11.5 Å². The van der Waals surface area contributed by atoms with Gasteiger partial charge in [-0.2, -0.15) is 8.78 Å². The molecule has 0 bridgehead atoms. The molecule has 5 nitrogen and oxygen atoms in total. The number of carbonyl (C=O) groups is 1. The van der Waals surface area contributed by atoms with Crippen LogP contribution < -0.4 is 15.2 Å². The molecule has 0 unspecified atom stereocenters. The Morgan fingerprint density at radius 2 is 1.85 bits per heavy atom. The summed E-state index contributed by atoms with van der Waals surface area (Å²) in [6.07, 6.45) is 0.670. The van der Waals surface area contributed by atoms with E-state index in [9.17, 15) is 13.6 Å². The smallest absolute Gasteiger partial charge is 0.387 e. The van der Waals surface area contributed by atoms with Gasteiger partial charge in [0.1, 0.15) is 0 Å². The highest BCUT2D eigenvalue weighted by Crippen LogP contribution is 2.30. The van der Waals surface area contributed by atoms with Gasteiger partial charge in [-0.3, -0.25) is 4.79 Å². The molecule has 0 aromatic heterocycles. The first-order valence-electron chi connectivity index (χ1n) is 8.21.